The third-order valence-electron chi connectivity index (χ3n) is 2.75. The molecule has 0 aromatic heterocycles. The number of carbonyl (C=O) groups excluding carboxylic acids is 2. The predicted molar refractivity (Wildman–Crippen MR) is 72.9 cm³/mol. The topological polar surface area (TPSA) is 216 Å². The van der Waals surface area contributed by atoms with E-state index in [-0.39, 0.29) is 12.6 Å². The molecule has 0 aromatic rings. The molecule has 0 bridgehead atoms. The Morgan fingerprint density at radius 2 is 1.04 bits per heavy atom. The van der Waals surface area contributed by atoms with Crippen LogP contribution in [-0.2, 0) is 9.59 Å². The Hall–Kier alpha value is -1.02. The van der Waals surface area contributed by atoms with Gasteiger partial charge in [-0.25, -0.2) is 0 Å². The first-order valence-corrected chi connectivity index (χ1v) is 6.51. The maximum atomic E-state index is 9.90. The first-order valence-electron chi connectivity index (χ1n) is 6.51. The molecule has 0 aliphatic rings. The van der Waals surface area contributed by atoms with E-state index in [2.05, 4.69) is 0 Å². The number of carbonyl (C=O) groups is 2. The molecule has 0 aliphatic heterocycles. The Morgan fingerprint density at radius 3 is 1.30 bits per heavy atom. The molecule has 0 heterocycles. The van der Waals surface area contributed by atoms with Gasteiger partial charge in [0.05, 0.1) is 12.7 Å². The van der Waals surface area contributed by atoms with Crippen molar-refractivity contribution in [2.24, 2.45) is 0 Å². The molecule has 0 radical (unpaired) electrons. The van der Waals surface area contributed by atoms with E-state index in [1.807, 2.05) is 0 Å². The lowest BCUT2D eigenvalue weighted by atomic mass is 10.0. The van der Waals surface area contributed by atoms with E-state index in [1.54, 1.807) is 0 Å². The lowest BCUT2D eigenvalue weighted by Crippen LogP contribution is -2.46. The van der Waals surface area contributed by atoms with E-state index in [1.165, 1.54) is 6.92 Å². The molecule has 0 aromatic carbocycles. The van der Waals surface area contributed by atoms with Crippen molar-refractivity contribution in [3.05, 3.63) is 0 Å². The summed E-state index contributed by atoms with van der Waals surface area (Å²) in [7, 11) is 0. The molecule has 23 heavy (non-hydrogen) atoms. The van der Waals surface area contributed by atoms with Crippen LogP contribution in [0.5, 0.6) is 0 Å². The van der Waals surface area contributed by atoms with Gasteiger partial charge in [-0.3, -0.25) is 0 Å². The van der Waals surface area contributed by atoms with E-state index >= 15 is 0 Å². The van der Waals surface area contributed by atoms with Crippen LogP contribution in [0.1, 0.15) is 6.92 Å². The van der Waals surface area contributed by atoms with Gasteiger partial charge in [0.25, 0.3) is 0 Å². The van der Waals surface area contributed by atoms with Crippen molar-refractivity contribution in [1.82, 2.24) is 0 Å². The Balaban J connectivity index is 0. The fourth-order valence-electron chi connectivity index (χ4n) is 1.19. The summed E-state index contributed by atoms with van der Waals surface area (Å²) in [6, 6.07) is 0. The summed E-state index contributed by atoms with van der Waals surface area (Å²) < 4.78 is 0. The maximum absolute atomic E-state index is 9.90. The van der Waals surface area contributed by atoms with Gasteiger partial charge < -0.3 is 55.5 Å². The fourth-order valence-corrected chi connectivity index (χ4v) is 1.19. The van der Waals surface area contributed by atoms with Gasteiger partial charge in [-0.1, -0.05) is 0 Å². The van der Waals surface area contributed by atoms with Crippen molar-refractivity contribution in [2.75, 3.05) is 6.61 Å². The molecule has 11 heteroatoms. The van der Waals surface area contributed by atoms with Crippen molar-refractivity contribution < 1.29 is 55.5 Å². The Morgan fingerprint density at radius 1 is 0.696 bits per heavy atom. The van der Waals surface area contributed by atoms with Crippen molar-refractivity contribution in [2.45, 2.75) is 55.8 Å². The number of aliphatic hydroxyl groups excluding tert-OH is 9. The van der Waals surface area contributed by atoms with Crippen LogP contribution in [0.2, 0.25) is 0 Å². The normalized spacial score (nSPS) is 21.5. The third kappa shape index (κ3) is 9.00. The highest BCUT2D eigenvalue weighted by molar-refractivity contribution is 5.57. The maximum Gasteiger partial charge on any atom is 0.151 e. The minimum atomic E-state index is -1.79. The van der Waals surface area contributed by atoms with Crippen LogP contribution in [0.25, 0.3) is 0 Å². The summed E-state index contributed by atoms with van der Waals surface area (Å²) in [5.41, 5.74) is 0. The van der Waals surface area contributed by atoms with E-state index in [4.69, 9.17) is 46.0 Å². The van der Waals surface area contributed by atoms with Gasteiger partial charge in [0.15, 0.2) is 12.6 Å². The molecular formula is C12H24O11. The van der Waals surface area contributed by atoms with Gasteiger partial charge in [0, 0.05) is 0 Å². The molecule has 0 saturated carbocycles. The van der Waals surface area contributed by atoms with Gasteiger partial charge in [-0.05, 0) is 6.92 Å². The molecule has 0 fully saturated rings. The quantitative estimate of drug-likeness (QED) is 0.179. The molecule has 0 aliphatic carbocycles. The Kier molecular flexibility index (Phi) is 13.1. The summed E-state index contributed by atoms with van der Waals surface area (Å²) >= 11 is 0. The third-order valence-corrected chi connectivity index (χ3v) is 2.75. The molecule has 0 saturated heterocycles. The minimum absolute atomic E-state index is 0.0258. The van der Waals surface area contributed by atoms with E-state index in [9.17, 15) is 9.59 Å². The number of rotatable bonds is 9. The number of hydrogen-bond donors (Lipinski definition) is 9. The van der Waals surface area contributed by atoms with Crippen molar-refractivity contribution in [3.8, 4) is 0 Å². The number of aldehydes is 2. The van der Waals surface area contributed by atoms with Crippen LogP contribution in [0.3, 0.4) is 0 Å². The molecule has 11 nitrogen and oxygen atoms in total. The molecule has 9 N–H and O–H groups in total. The number of hydrogen-bond acceptors (Lipinski definition) is 11. The van der Waals surface area contributed by atoms with Crippen molar-refractivity contribution >= 4 is 12.6 Å². The lowest BCUT2D eigenvalue weighted by molar-refractivity contribution is -0.136. The number of aliphatic hydroxyl groups is 9. The lowest BCUT2D eigenvalue weighted by Gasteiger charge is -2.22. The molecule has 0 unspecified atom stereocenters. The zero-order chi connectivity index (χ0) is 18.7. The van der Waals surface area contributed by atoms with Crippen LogP contribution in [0, 0.1) is 0 Å². The highest BCUT2D eigenvalue weighted by Crippen LogP contribution is 2.03. The standard InChI is InChI=1S/C6H12O6.C6H12O5/c7-1-3(9)5(11)6(12)4(10)2-8;1-3(8)5(10)6(11)4(9)2-7/h1,3-6,8-12H,2H2;2-6,8-11H,1H3/t3-,4-,5-,6-;3-,4+,5+,6-/m10/s1. The Labute approximate surface area is 131 Å². The van der Waals surface area contributed by atoms with Crippen LogP contribution >= 0.6 is 0 Å². The van der Waals surface area contributed by atoms with Crippen LogP contribution in [0.15, 0.2) is 0 Å². The summed E-state index contributed by atoms with van der Waals surface area (Å²) in [4.78, 5) is 19.8. The van der Waals surface area contributed by atoms with Crippen molar-refractivity contribution in [3.63, 3.8) is 0 Å². The molecular weight excluding hydrogens is 320 g/mol. The van der Waals surface area contributed by atoms with Crippen molar-refractivity contribution in [1.29, 1.82) is 0 Å². The van der Waals surface area contributed by atoms with E-state index in [0.717, 1.165) is 0 Å². The minimum Gasteiger partial charge on any atom is -0.394 e. The second-order valence-electron chi connectivity index (χ2n) is 4.71. The molecule has 138 valence electrons. The summed E-state index contributed by atoms with van der Waals surface area (Å²) in [6.07, 6.45) is -12.7. The fraction of sp³-hybridized carbons (Fsp3) is 0.833. The second-order valence-corrected chi connectivity index (χ2v) is 4.71. The monoisotopic (exact) mass is 344 g/mol. The zero-order valence-electron chi connectivity index (χ0n) is 12.3. The van der Waals surface area contributed by atoms with Gasteiger partial charge in [0.1, 0.15) is 42.7 Å². The van der Waals surface area contributed by atoms with Gasteiger partial charge in [-0.2, -0.15) is 0 Å². The first kappa shape index (κ1) is 24.2. The molecule has 0 rings (SSSR count). The molecule has 0 amide bonds. The van der Waals surface area contributed by atoms with Gasteiger partial charge in [0.2, 0.25) is 0 Å². The van der Waals surface area contributed by atoms with Gasteiger partial charge >= 0.3 is 0 Å². The summed E-state index contributed by atoms with van der Waals surface area (Å²) in [6.45, 7) is 0.481. The Bertz CT molecular complexity index is 324. The van der Waals surface area contributed by atoms with E-state index < -0.39 is 55.4 Å². The highest BCUT2D eigenvalue weighted by Gasteiger charge is 2.29. The van der Waals surface area contributed by atoms with Gasteiger partial charge in [-0.15, -0.1) is 0 Å². The smallest absolute Gasteiger partial charge is 0.151 e. The molecule has 0 spiro atoms. The average molecular weight is 344 g/mol. The average Bonchev–Trinajstić information content (AvgIpc) is 2.56. The van der Waals surface area contributed by atoms with E-state index in [0.29, 0.717) is 0 Å². The molecule has 8 atom stereocenters. The summed E-state index contributed by atoms with van der Waals surface area (Å²) in [5, 5.41) is 78.6. The van der Waals surface area contributed by atoms with Crippen LogP contribution in [-0.4, -0.2) is 114 Å². The second kappa shape index (κ2) is 12.4. The summed E-state index contributed by atoms with van der Waals surface area (Å²) in [5.74, 6) is 0. The first-order chi connectivity index (χ1) is 10.5. The largest absolute Gasteiger partial charge is 0.394 e. The van der Waals surface area contributed by atoms with Crippen LogP contribution in [0.4, 0.5) is 0 Å². The zero-order valence-corrected chi connectivity index (χ0v) is 12.3. The van der Waals surface area contributed by atoms with Crippen LogP contribution < -0.4 is 0 Å². The SMILES string of the molecule is C[C@H](O)[C@@H](O)[C@@H](O)[C@H](O)C=O.O=C[C@@H](O)[C@@H](O)[C@H](O)[C@H](O)CO. The highest BCUT2D eigenvalue weighted by atomic mass is 16.4. The predicted octanol–water partition coefficient (Wildman–Crippen LogP) is -5.73.